The zero-order chi connectivity index (χ0) is 14.7. The second-order valence-electron chi connectivity index (χ2n) is 5.02. The zero-order valence-electron chi connectivity index (χ0n) is 12.1. The van der Waals surface area contributed by atoms with Crippen LogP contribution < -0.4 is 11.1 Å². The van der Waals surface area contributed by atoms with Crippen molar-refractivity contribution >= 4 is 11.6 Å². The number of nitrogen functional groups attached to an aromatic ring is 1. The monoisotopic (exact) mass is 272 g/mol. The third-order valence-corrected chi connectivity index (χ3v) is 3.43. The number of amides is 1. The largest absolute Gasteiger partial charge is 0.399 e. The molecule has 1 atom stereocenters. The van der Waals surface area contributed by atoms with E-state index in [1.165, 1.54) is 0 Å². The van der Waals surface area contributed by atoms with Crippen LogP contribution in [-0.2, 0) is 18.3 Å². The van der Waals surface area contributed by atoms with Gasteiger partial charge in [0, 0.05) is 24.0 Å². The topological polar surface area (TPSA) is 72.9 Å². The van der Waals surface area contributed by atoms with Crippen LogP contribution in [0, 0.1) is 6.92 Å². The summed E-state index contributed by atoms with van der Waals surface area (Å²) in [5.74, 6) is -0.0219. The first-order valence-corrected chi connectivity index (χ1v) is 6.59. The second kappa shape index (κ2) is 5.77. The van der Waals surface area contributed by atoms with Crippen LogP contribution in [0.5, 0.6) is 0 Å². The lowest BCUT2D eigenvalue weighted by Crippen LogP contribution is -2.28. The highest BCUT2D eigenvalue weighted by molar-refractivity contribution is 5.79. The smallest absolute Gasteiger partial charge is 0.224 e. The molecule has 3 N–H and O–H groups in total. The van der Waals surface area contributed by atoms with Gasteiger partial charge in [0.25, 0.3) is 0 Å². The molecule has 1 heterocycles. The highest BCUT2D eigenvalue weighted by Crippen LogP contribution is 2.16. The summed E-state index contributed by atoms with van der Waals surface area (Å²) in [4.78, 5) is 12.0. The van der Waals surface area contributed by atoms with Gasteiger partial charge in [0.05, 0.1) is 18.7 Å². The van der Waals surface area contributed by atoms with E-state index in [1.54, 1.807) is 10.9 Å². The van der Waals surface area contributed by atoms with Crippen molar-refractivity contribution in [3.8, 4) is 0 Å². The average molecular weight is 272 g/mol. The van der Waals surface area contributed by atoms with Gasteiger partial charge in [-0.3, -0.25) is 9.48 Å². The maximum Gasteiger partial charge on any atom is 0.224 e. The predicted octanol–water partition coefficient (Wildman–Crippen LogP) is 1.73. The normalized spacial score (nSPS) is 12.2. The zero-order valence-corrected chi connectivity index (χ0v) is 12.1. The standard InChI is InChI=1S/C15H20N4O/c1-10(14-9-17-19(3)11(14)2)18-15(20)8-12-5-4-6-13(16)7-12/h4-7,9-10H,8,16H2,1-3H3,(H,18,20). The van der Waals surface area contributed by atoms with Crippen molar-refractivity contribution in [1.29, 1.82) is 0 Å². The van der Waals surface area contributed by atoms with Gasteiger partial charge in [-0.1, -0.05) is 12.1 Å². The molecule has 2 aromatic rings. The molecule has 0 aliphatic carbocycles. The Balaban J connectivity index is 1.99. The molecule has 0 saturated heterocycles. The average Bonchev–Trinajstić information content (AvgIpc) is 2.69. The number of hydrogen-bond acceptors (Lipinski definition) is 3. The number of rotatable bonds is 4. The first-order valence-electron chi connectivity index (χ1n) is 6.59. The molecule has 0 saturated carbocycles. The summed E-state index contributed by atoms with van der Waals surface area (Å²) in [6, 6.07) is 7.32. The maximum absolute atomic E-state index is 12.0. The highest BCUT2D eigenvalue weighted by Gasteiger charge is 2.14. The fraction of sp³-hybridized carbons (Fsp3) is 0.333. The Morgan fingerprint density at radius 3 is 2.85 bits per heavy atom. The van der Waals surface area contributed by atoms with Crippen molar-refractivity contribution in [2.24, 2.45) is 7.05 Å². The van der Waals surface area contributed by atoms with E-state index in [1.807, 2.05) is 45.2 Å². The number of carbonyl (C=O) groups excluding carboxylic acids is 1. The fourth-order valence-electron chi connectivity index (χ4n) is 2.20. The summed E-state index contributed by atoms with van der Waals surface area (Å²) >= 11 is 0. The van der Waals surface area contributed by atoms with Gasteiger partial charge in [0.1, 0.15) is 0 Å². The molecule has 0 aliphatic heterocycles. The molecule has 0 spiro atoms. The summed E-state index contributed by atoms with van der Waals surface area (Å²) in [7, 11) is 1.89. The quantitative estimate of drug-likeness (QED) is 0.832. The summed E-state index contributed by atoms with van der Waals surface area (Å²) < 4.78 is 1.80. The van der Waals surface area contributed by atoms with Crippen LogP contribution in [0.25, 0.3) is 0 Å². The van der Waals surface area contributed by atoms with Crippen LogP contribution in [-0.4, -0.2) is 15.7 Å². The molecule has 5 heteroatoms. The lowest BCUT2D eigenvalue weighted by molar-refractivity contribution is -0.121. The van der Waals surface area contributed by atoms with Gasteiger partial charge in [-0.25, -0.2) is 0 Å². The molecule has 1 unspecified atom stereocenters. The number of benzene rings is 1. The van der Waals surface area contributed by atoms with E-state index < -0.39 is 0 Å². The van der Waals surface area contributed by atoms with Crippen molar-refractivity contribution in [1.82, 2.24) is 15.1 Å². The summed E-state index contributed by atoms with van der Waals surface area (Å²) in [5.41, 5.74) is 9.39. The van der Waals surface area contributed by atoms with Crippen LogP contribution in [0.3, 0.4) is 0 Å². The van der Waals surface area contributed by atoms with Crippen molar-refractivity contribution < 1.29 is 4.79 Å². The van der Waals surface area contributed by atoms with Gasteiger partial charge >= 0.3 is 0 Å². The van der Waals surface area contributed by atoms with E-state index in [0.29, 0.717) is 12.1 Å². The molecule has 1 aromatic carbocycles. The lowest BCUT2D eigenvalue weighted by Gasteiger charge is -2.14. The molecular weight excluding hydrogens is 252 g/mol. The van der Waals surface area contributed by atoms with Gasteiger partial charge in [0.15, 0.2) is 0 Å². The molecule has 2 rings (SSSR count). The van der Waals surface area contributed by atoms with Crippen LogP contribution in [0.15, 0.2) is 30.5 Å². The Labute approximate surface area is 118 Å². The van der Waals surface area contributed by atoms with E-state index in [-0.39, 0.29) is 11.9 Å². The highest BCUT2D eigenvalue weighted by atomic mass is 16.1. The minimum Gasteiger partial charge on any atom is -0.399 e. The summed E-state index contributed by atoms with van der Waals surface area (Å²) in [6.45, 7) is 3.95. The van der Waals surface area contributed by atoms with Gasteiger partial charge in [0.2, 0.25) is 5.91 Å². The minimum absolute atomic E-state index is 0.0219. The molecule has 0 radical (unpaired) electrons. The van der Waals surface area contributed by atoms with E-state index in [4.69, 9.17) is 5.73 Å². The molecule has 106 valence electrons. The van der Waals surface area contributed by atoms with Crippen molar-refractivity contribution in [2.45, 2.75) is 26.3 Å². The van der Waals surface area contributed by atoms with E-state index in [0.717, 1.165) is 16.8 Å². The molecule has 1 aromatic heterocycles. The molecule has 0 aliphatic rings. The Kier molecular flexibility index (Phi) is 4.08. The molecule has 0 fully saturated rings. The van der Waals surface area contributed by atoms with Gasteiger partial charge in [-0.2, -0.15) is 5.10 Å². The first-order chi connectivity index (χ1) is 9.47. The number of nitrogens with zero attached hydrogens (tertiary/aromatic N) is 2. The first kappa shape index (κ1) is 14.1. The lowest BCUT2D eigenvalue weighted by atomic mass is 10.1. The van der Waals surface area contributed by atoms with Crippen molar-refractivity contribution in [2.75, 3.05) is 5.73 Å². The Bertz CT molecular complexity index is 618. The number of aromatic nitrogens is 2. The third-order valence-electron chi connectivity index (χ3n) is 3.43. The maximum atomic E-state index is 12.0. The summed E-state index contributed by atoms with van der Waals surface area (Å²) in [5, 5.41) is 7.17. The minimum atomic E-state index is -0.0581. The van der Waals surface area contributed by atoms with Crippen LogP contribution in [0.2, 0.25) is 0 Å². The molecular formula is C15H20N4O. The summed E-state index contributed by atoms with van der Waals surface area (Å²) in [6.07, 6.45) is 2.12. The van der Waals surface area contributed by atoms with Gasteiger partial charge in [-0.15, -0.1) is 0 Å². The number of nitrogens with one attached hydrogen (secondary N) is 1. The van der Waals surface area contributed by atoms with Crippen molar-refractivity contribution in [3.63, 3.8) is 0 Å². The van der Waals surface area contributed by atoms with E-state index >= 15 is 0 Å². The van der Waals surface area contributed by atoms with E-state index in [9.17, 15) is 4.79 Å². The van der Waals surface area contributed by atoms with Crippen molar-refractivity contribution in [3.05, 3.63) is 47.3 Å². The number of aryl methyl sites for hydroxylation is 1. The second-order valence-corrected chi connectivity index (χ2v) is 5.02. The predicted molar refractivity (Wildman–Crippen MR) is 79.1 cm³/mol. The Morgan fingerprint density at radius 1 is 1.50 bits per heavy atom. The number of anilines is 1. The van der Waals surface area contributed by atoms with Crippen LogP contribution in [0.1, 0.15) is 29.8 Å². The SMILES string of the molecule is Cc1c(C(C)NC(=O)Cc2cccc(N)c2)cnn1C. The number of hydrogen-bond donors (Lipinski definition) is 2. The third kappa shape index (κ3) is 3.17. The molecule has 5 nitrogen and oxygen atoms in total. The molecule has 20 heavy (non-hydrogen) atoms. The van der Waals surface area contributed by atoms with E-state index in [2.05, 4.69) is 10.4 Å². The number of nitrogens with two attached hydrogens (primary N) is 1. The van der Waals surface area contributed by atoms with Crippen LogP contribution in [0.4, 0.5) is 5.69 Å². The van der Waals surface area contributed by atoms with Gasteiger partial charge in [-0.05, 0) is 31.5 Å². The molecule has 0 bridgehead atoms. The molecule has 1 amide bonds. The fourth-order valence-corrected chi connectivity index (χ4v) is 2.20. The van der Waals surface area contributed by atoms with Crippen LogP contribution >= 0.6 is 0 Å². The van der Waals surface area contributed by atoms with Gasteiger partial charge < -0.3 is 11.1 Å². The number of carbonyl (C=O) groups is 1. The Hall–Kier alpha value is -2.30. The Morgan fingerprint density at radius 2 is 2.25 bits per heavy atom.